The fraction of sp³-hybridized carbons (Fsp3) is 0.633. The molecule has 6 atom stereocenters. The van der Waals surface area contributed by atoms with Crippen LogP contribution in [0.4, 0.5) is 17.3 Å². The number of hydrazine groups is 1. The van der Waals surface area contributed by atoms with Crippen LogP contribution < -0.4 is 35.9 Å². The number of carbonyl (C=O) groups excluding carboxylic acids is 1. The molecular formula is C30H39N7O5S. The minimum absolute atomic E-state index is 0.0516. The van der Waals surface area contributed by atoms with Gasteiger partial charge in [-0.1, -0.05) is 0 Å². The van der Waals surface area contributed by atoms with Crippen LogP contribution in [0.3, 0.4) is 0 Å². The number of fused-ring (bicyclic) bond motifs is 3. The average Bonchev–Trinajstić information content (AvgIpc) is 3.92. The van der Waals surface area contributed by atoms with Gasteiger partial charge in [0.2, 0.25) is 11.7 Å². The summed E-state index contributed by atoms with van der Waals surface area (Å²) in [6.45, 7) is 0.791. The number of hydrogen-bond acceptors (Lipinski definition) is 11. The van der Waals surface area contributed by atoms with Crippen LogP contribution in [0.25, 0.3) is 0 Å². The molecule has 1 aromatic carbocycles. The molecule has 1 spiro atoms. The minimum atomic E-state index is -3.02. The molecule has 230 valence electrons. The van der Waals surface area contributed by atoms with Crippen molar-refractivity contribution < 1.29 is 22.7 Å². The minimum Gasteiger partial charge on any atom is -0.497 e. The van der Waals surface area contributed by atoms with Gasteiger partial charge in [-0.3, -0.25) is 10.2 Å². The fourth-order valence-corrected chi connectivity index (χ4v) is 9.27. The number of hydrogen-bond donors (Lipinski definition) is 4. The third kappa shape index (κ3) is 4.53. The molecule has 13 heteroatoms. The highest BCUT2D eigenvalue weighted by Gasteiger charge is 2.67. The molecule has 4 N–H and O–H groups in total. The zero-order valence-corrected chi connectivity index (χ0v) is 25.4. The molecule has 4 unspecified atom stereocenters. The number of rotatable bonds is 7. The van der Waals surface area contributed by atoms with E-state index in [9.17, 15) is 13.2 Å². The van der Waals surface area contributed by atoms with Gasteiger partial charge in [0, 0.05) is 36.7 Å². The lowest BCUT2D eigenvalue weighted by molar-refractivity contribution is -0.118. The SMILES string of the molecule is COc1ccc2c(c1)[C@]1(C[C@H]1C1CCC3C(C1)NNC3Nc1nc(C3CC3)nc(N3CCS(=O)(=O)CC3)c1OC)C(=O)N2. The van der Waals surface area contributed by atoms with Gasteiger partial charge in [-0.05, 0) is 74.1 Å². The van der Waals surface area contributed by atoms with E-state index < -0.39 is 15.3 Å². The van der Waals surface area contributed by atoms with Crippen LogP contribution in [0.2, 0.25) is 0 Å². The van der Waals surface area contributed by atoms with E-state index in [1.165, 1.54) is 0 Å². The largest absolute Gasteiger partial charge is 0.497 e. The maximum absolute atomic E-state index is 13.2. The highest BCUT2D eigenvalue weighted by atomic mass is 32.2. The van der Waals surface area contributed by atoms with E-state index in [1.807, 2.05) is 23.1 Å². The van der Waals surface area contributed by atoms with Gasteiger partial charge < -0.3 is 25.0 Å². The first-order valence-corrected chi connectivity index (χ1v) is 17.3. The quantitative estimate of drug-likeness (QED) is 0.366. The van der Waals surface area contributed by atoms with Crippen LogP contribution >= 0.6 is 0 Å². The Morgan fingerprint density at radius 2 is 1.86 bits per heavy atom. The fourth-order valence-electron chi connectivity index (χ4n) is 8.07. The predicted octanol–water partition coefficient (Wildman–Crippen LogP) is 2.15. The average molecular weight is 610 g/mol. The number of aromatic nitrogens is 2. The second-order valence-electron chi connectivity index (χ2n) is 13.1. The molecule has 2 saturated heterocycles. The molecule has 5 fully saturated rings. The van der Waals surface area contributed by atoms with Crippen molar-refractivity contribution in [1.29, 1.82) is 0 Å². The molecule has 4 heterocycles. The molecular weight excluding hydrogens is 570 g/mol. The highest BCUT2D eigenvalue weighted by molar-refractivity contribution is 7.91. The van der Waals surface area contributed by atoms with Crippen molar-refractivity contribution in [2.75, 3.05) is 54.3 Å². The number of carbonyl (C=O) groups is 1. The van der Waals surface area contributed by atoms with Crippen LogP contribution in [0.1, 0.15) is 55.8 Å². The van der Waals surface area contributed by atoms with Crippen molar-refractivity contribution in [2.45, 2.75) is 62.1 Å². The van der Waals surface area contributed by atoms with Gasteiger partial charge in [-0.15, -0.1) is 0 Å². The van der Waals surface area contributed by atoms with Crippen LogP contribution in [-0.2, 0) is 20.0 Å². The van der Waals surface area contributed by atoms with Gasteiger partial charge in [0.15, 0.2) is 21.5 Å². The summed E-state index contributed by atoms with van der Waals surface area (Å²) in [6.07, 6.45) is 6.04. The first kappa shape index (κ1) is 27.4. The van der Waals surface area contributed by atoms with Crippen LogP contribution in [0, 0.1) is 17.8 Å². The van der Waals surface area contributed by atoms with Crippen LogP contribution in [-0.4, -0.2) is 75.3 Å². The molecule has 0 radical (unpaired) electrons. The lowest BCUT2D eigenvalue weighted by Crippen LogP contribution is -2.41. The van der Waals surface area contributed by atoms with Crippen molar-refractivity contribution in [3.63, 3.8) is 0 Å². The summed E-state index contributed by atoms with van der Waals surface area (Å²) in [5, 5.41) is 6.77. The third-order valence-electron chi connectivity index (χ3n) is 10.7. The van der Waals surface area contributed by atoms with E-state index in [2.05, 4.69) is 21.5 Å². The third-order valence-corrected chi connectivity index (χ3v) is 12.3. The molecule has 2 aromatic rings. The number of anilines is 3. The number of ether oxygens (including phenoxy) is 2. The molecule has 0 bridgehead atoms. The summed E-state index contributed by atoms with van der Waals surface area (Å²) in [5.41, 5.74) is 8.62. The first-order valence-electron chi connectivity index (χ1n) is 15.5. The monoisotopic (exact) mass is 609 g/mol. The van der Waals surface area contributed by atoms with Crippen LogP contribution in [0.5, 0.6) is 11.5 Å². The summed E-state index contributed by atoms with van der Waals surface area (Å²) in [7, 11) is 0.266. The lowest BCUT2D eigenvalue weighted by atomic mass is 9.74. The normalized spacial score (nSPS) is 34.0. The standard InChI is InChI=1S/C30H39N7O5S/c1-41-18-6-8-22-20(14-18)30(29(38)31-22)15-21(30)17-5-7-19-23(13-17)35-36-26(19)33-27-24(42-2)28(34-25(32-27)16-3-4-16)37-9-11-43(39,40)12-10-37/h6,8,14,16-17,19,21,23,26,35-36H,3-5,7,9-13,15H2,1-2H3,(H,31,38)(H,32,33,34)/t17?,19?,21-,23?,26?,30-/m0/s1. The number of benzene rings is 1. The molecule has 6 aliphatic rings. The van der Waals surface area contributed by atoms with Crippen molar-refractivity contribution in [2.24, 2.45) is 17.8 Å². The molecule has 1 aromatic heterocycles. The van der Waals surface area contributed by atoms with E-state index in [0.29, 0.717) is 54.1 Å². The zero-order chi connectivity index (χ0) is 29.5. The summed E-state index contributed by atoms with van der Waals surface area (Å²) in [5.74, 6) is 5.28. The van der Waals surface area contributed by atoms with Crippen molar-refractivity contribution in [1.82, 2.24) is 20.8 Å². The Morgan fingerprint density at radius 1 is 1.05 bits per heavy atom. The van der Waals surface area contributed by atoms with Crippen molar-refractivity contribution in [3.8, 4) is 11.5 Å². The van der Waals surface area contributed by atoms with Crippen molar-refractivity contribution >= 4 is 33.1 Å². The van der Waals surface area contributed by atoms with Gasteiger partial charge in [-0.25, -0.2) is 23.8 Å². The molecule has 12 nitrogen and oxygen atoms in total. The molecule has 3 aliphatic carbocycles. The summed E-state index contributed by atoms with van der Waals surface area (Å²) < 4.78 is 35.5. The second kappa shape index (κ2) is 9.93. The number of nitrogens with one attached hydrogen (secondary N) is 4. The maximum atomic E-state index is 13.2. The Balaban J connectivity index is 0.992. The smallest absolute Gasteiger partial charge is 0.235 e. The van der Waals surface area contributed by atoms with Gasteiger partial charge in [0.05, 0.1) is 37.3 Å². The summed E-state index contributed by atoms with van der Waals surface area (Å²) in [6, 6.07) is 6.17. The molecule has 8 rings (SSSR count). The van der Waals surface area contributed by atoms with Crippen molar-refractivity contribution in [3.05, 3.63) is 29.6 Å². The topological polar surface area (TPSA) is 147 Å². The van der Waals surface area contributed by atoms with Crippen LogP contribution in [0.15, 0.2) is 18.2 Å². The Hall–Kier alpha value is -3.16. The van der Waals surface area contributed by atoms with E-state index in [0.717, 1.165) is 61.3 Å². The Kier molecular flexibility index (Phi) is 6.33. The second-order valence-corrected chi connectivity index (χ2v) is 15.4. The van der Waals surface area contributed by atoms with Gasteiger partial charge in [0.1, 0.15) is 11.6 Å². The van der Waals surface area contributed by atoms with Gasteiger partial charge >= 0.3 is 0 Å². The summed E-state index contributed by atoms with van der Waals surface area (Å²) in [4.78, 5) is 25.0. The maximum Gasteiger partial charge on any atom is 0.235 e. The number of nitrogens with zero attached hydrogens (tertiary/aromatic N) is 3. The van der Waals surface area contributed by atoms with Gasteiger partial charge in [-0.2, -0.15) is 0 Å². The predicted molar refractivity (Wildman–Crippen MR) is 161 cm³/mol. The zero-order valence-electron chi connectivity index (χ0n) is 24.6. The Labute approximate surface area is 251 Å². The highest BCUT2D eigenvalue weighted by Crippen LogP contribution is 2.65. The van der Waals surface area contributed by atoms with Gasteiger partial charge in [0.25, 0.3) is 0 Å². The Morgan fingerprint density at radius 3 is 2.60 bits per heavy atom. The van der Waals surface area contributed by atoms with E-state index >= 15 is 0 Å². The molecule has 3 saturated carbocycles. The molecule has 3 aliphatic heterocycles. The Bertz CT molecular complexity index is 1570. The number of amides is 1. The van der Waals surface area contributed by atoms with E-state index in [-0.39, 0.29) is 29.6 Å². The first-order chi connectivity index (χ1) is 20.8. The lowest BCUT2D eigenvalue weighted by Gasteiger charge is -2.34. The number of methoxy groups -OCH3 is 2. The summed E-state index contributed by atoms with van der Waals surface area (Å²) >= 11 is 0. The van der Waals surface area contributed by atoms with E-state index in [4.69, 9.17) is 19.4 Å². The van der Waals surface area contributed by atoms with E-state index in [1.54, 1.807) is 14.2 Å². The molecule has 43 heavy (non-hydrogen) atoms. The molecule has 1 amide bonds. The number of sulfone groups is 1.